The molecule has 102 valence electrons. The SMILES string of the molecule is CCOC(=O)c1[nH]cc(-c2ccn(CCN)n2)c1C. The van der Waals surface area contributed by atoms with Gasteiger partial charge in [-0.15, -0.1) is 0 Å². The van der Waals surface area contributed by atoms with E-state index in [1.54, 1.807) is 17.8 Å². The molecule has 19 heavy (non-hydrogen) atoms. The number of carbonyl (C=O) groups excluding carboxylic acids is 1. The van der Waals surface area contributed by atoms with Gasteiger partial charge in [0, 0.05) is 24.5 Å². The predicted molar refractivity (Wildman–Crippen MR) is 71.8 cm³/mol. The van der Waals surface area contributed by atoms with E-state index < -0.39 is 0 Å². The second-order valence-electron chi connectivity index (χ2n) is 4.18. The van der Waals surface area contributed by atoms with E-state index >= 15 is 0 Å². The molecule has 0 bridgehead atoms. The van der Waals surface area contributed by atoms with Crippen molar-refractivity contribution in [1.82, 2.24) is 14.8 Å². The van der Waals surface area contributed by atoms with Gasteiger partial charge in [-0.25, -0.2) is 4.79 Å². The number of aromatic nitrogens is 3. The molecule has 0 amide bonds. The minimum atomic E-state index is -0.340. The molecule has 0 saturated carbocycles. The average Bonchev–Trinajstić information content (AvgIpc) is 2.96. The standard InChI is InChI=1S/C13H18N4O2/c1-3-19-13(18)12-9(2)10(8-15-12)11-4-6-17(16-11)7-5-14/h4,6,8,15H,3,5,7,14H2,1-2H3. The van der Waals surface area contributed by atoms with E-state index in [1.807, 2.05) is 19.2 Å². The topological polar surface area (TPSA) is 85.9 Å². The van der Waals surface area contributed by atoms with E-state index in [0.29, 0.717) is 25.4 Å². The molecule has 6 nitrogen and oxygen atoms in total. The first-order valence-corrected chi connectivity index (χ1v) is 6.26. The molecule has 0 aliphatic rings. The molecule has 3 N–H and O–H groups in total. The summed E-state index contributed by atoms with van der Waals surface area (Å²) in [7, 11) is 0. The predicted octanol–water partition coefficient (Wildman–Crippen LogP) is 1.32. The molecule has 0 atom stereocenters. The van der Waals surface area contributed by atoms with Gasteiger partial charge in [-0.1, -0.05) is 0 Å². The van der Waals surface area contributed by atoms with E-state index in [4.69, 9.17) is 10.5 Å². The normalized spacial score (nSPS) is 10.7. The van der Waals surface area contributed by atoms with Gasteiger partial charge in [-0.3, -0.25) is 4.68 Å². The molecule has 0 saturated heterocycles. The molecule has 2 aromatic rings. The van der Waals surface area contributed by atoms with Crippen LogP contribution in [0, 0.1) is 6.92 Å². The summed E-state index contributed by atoms with van der Waals surface area (Å²) in [5, 5.41) is 4.41. The van der Waals surface area contributed by atoms with Crippen molar-refractivity contribution in [2.45, 2.75) is 20.4 Å². The summed E-state index contributed by atoms with van der Waals surface area (Å²) in [6.07, 6.45) is 3.65. The van der Waals surface area contributed by atoms with Crippen molar-refractivity contribution in [3.8, 4) is 11.3 Å². The van der Waals surface area contributed by atoms with Crippen LogP contribution in [0.4, 0.5) is 0 Å². The van der Waals surface area contributed by atoms with Crippen LogP contribution in [0.1, 0.15) is 23.0 Å². The van der Waals surface area contributed by atoms with Crippen LogP contribution in [0.25, 0.3) is 11.3 Å². The first-order valence-electron chi connectivity index (χ1n) is 6.26. The summed E-state index contributed by atoms with van der Waals surface area (Å²) in [4.78, 5) is 14.7. The molecule has 0 fully saturated rings. The Morgan fingerprint density at radius 2 is 2.37 bits per heavy atom. The van der Waals surface area contributed by atoms with Crippen LogP contribution >= 0.6 is 0 Å². The fourth-order valence-electron chi connectivity index (χ4n) is 1.94. The summed E-state index contributed by atoms with van der Waals surface area (Å²) in [5.74, 6) is -0.340. The lowest BCUT2D eigenvalue weighted by atomic mass is 10.1. The van der Waals surface area contributed by atoms with Crippen molar-refractivity contribution in [3.63, 3.8) is 0 Å². The smallest absolute Gasteiger partial charge is 0.355 e. The van der Waals surface area contributed by atoms with Gasteiger partial charge in [0.2, 0.25) is 0 Å². The number of esters is 1. The number of nitrogens with two attached hydrogens (primary N) is 1. The minimum Gasteiger partial charge on any atom is -0.461 e. The maximum Gasteiger partial charge on any atom is 0.355 e. The van der Waals surface area contributed by atoms with Crippen LogP contribution in [-0.2, 0) is 11.3 Å². The molecular weight excluding hydrogens is 244 g/mol. The fraction of sp³-hybridized carbons (Fsp3) is 0.385. The zero-order valence-electron chi connectivity index (χ0n) is 11.1. The van der Waals surface area contributed by atoms with Crippen LogP contribution in [-0.4, -0.2) is 33.9 Å². The number of carbonyl (C=O) groups is 1. The zero-order valence-corrected chi connectivity index (χ0v) is 11.1. The lowest BCUT2D eigenvalue weighted by Gasteiger charge is -2.01. The number of hydrogen-bond acceptors (Lipinski definition) is 4. The Labute approximate surface area is 111 Å². The van der Waals surface area contributed by atoms with Gasteiger partial charge in [0.05, 0.1) is 18.8 Å². The summed E-state index contributed by atoms with van der Waals surface area (Å²) >= 11 is 0. The van der Waals surface area contributed by atoms with Gasteiger partial charge < -0.3 is 15.5 Å². The maximum absolute atomic E-state index is 11.7. The van der Waals surface area contributed by atoms with Crippen molar-refractivity contribution in [1.29, 1.82) is 0 Å². The molecule has 0 aromatic carbocycles. The Balaban J connectivity index is 2.27. The Morgan fingerprint density at radius 3 is 3.05 bits per heavy atom. The van der Waals surface area contributed by atoms with E-state index in [9.17, 15) is 4.79 Å². The highest BCUT2D eigenvalue weighted by atomic mass is 16.5. The quantitative estimate of drug-likeness (QED) is 0.796. The molecule has 0 aliphatic heterocycles. The minimum absolute atomic E-state index is 0.340. The molecule has 2 aromatic heterocycles. The number of H-pyrrole nitrogens is 1. The lowest BCUT2D eigenvalue weighted by Crippen LogP contribution is -2.10. The van der Waals surface area contributed by atoms with Gasteiger partial charge in [-0.05, 0) is 25.5 Å². The first-order chi connectivity index (χ1) is 9.17. The number of hydrogen-bond donors (Lipinski definition) is 2. The van der Waals surface area contributed by atoms with Crippen molar-refractivity contribution in [2.24, 2.45) is 5.73 Å². The van der Waals surface area contributed by atoms with Crippen molar-refractivity contribution in [3.05, 3.63) is 29.7 Å². The van der Waals surface area contributed by atoms with Crippen LogP contribution in [0.15, 0.2) is 18.5 Å². The summed E-state index contributed by atoms with van der Waals surface area (Å²) in [6, 6.07) is 1.90. The number of nitrogens with zero attached hydrogens (tertiary/aromatic N) is 2. The molecule has 0 spiro atoms. The summed E-state index contributed by atoms with van der Waals surface area (Å²) in [5.41, 5.74) is 8.53. The number of aromatic amines is 1. The molecular formula is C13H18N4O2. The van der Waals surface area contributed by atoms with Gasteiger partial charge in [0.15, 0.2) is 0 Å². The Bertz CT molecular complexity index is 571. The Hall–Kier alpha value is -2.08. The highest BCUT2D eigenvalue weighted by Gasteiger charge is 2.17. The number of nitrogens with one attached hydrogen (secondary N) is 1. The zero-order chi connectivity index (χ0) is 13.8. The van der Waals surface area contributed by atoms with Crippen molar-refractivity contribution < 1.29 is 9.53 Å². The van der Waals surface area contributed by atoms with Crippen molar-refractivity contribution >= 4 is 5.97 Å². The Morgan fingerprint density at radius 1 is 1.58 bits per heavy atom. The van der Waals surface area contributed by atoms with Gasteiger partial charge >= 0.3 is 5.97 Å². The fourth-order valence-corrected chi connectivity index (χ4v) is 1.94. The van der Waals surface area contributed by atoms with Crippen LogP contribution in [0.3, 0.4) is 0 Å². The third-order valence-corrected chi connectivity index (χ3v) is 2.89. The van der Waals surface area contributed by atoms with Crippen LogP contribution in [0.5, 0.6) is 0 Å². The molecule has 6 heteroatoms. The van der Waals surface area contributed by atoms with Crippen LogP contribution < -0.4 is 5.73 Å². The molecule has 0 aliphatic carbocycles. The van der Waals surface area contributed by atoms with Gasteiger partial charge in [-0.2, -0.15) is 5.10 Å². The molecule has 2 heterocycles. The average molecular weight is 262 g/mol. The molecule has 2 rings (SSSR count). The maximum atomic E-state index is 11.7. The highest BCUT2D eigenvalue weighted by molar-refractivity contribution is 5.91. The van der Waals surface area contributed by atoms with Gasteiger partial charge in [0.25, 0.3) is 0 Å². The third-order valence-electron chi connectivity index (χ3n) is 2.89. The van der Waals surface area contributed by atoms with E-state index in [-0.39, 0.29) is 5.97 Å². The number of rotatable bonds is 5. The number of ether oxygens (including phenoxy) is 1. The molecule has 0 unspecified atom stereocenters. The monoisotopic (exact) mass is 262 g/mol. The van der Waals surface area contributed by atoms with Gasteiger partial charge in [0.1, 0.15) is 5.69 Å². The molecule has 0 radical (unpaired) electrons. The highest BCUT2D eigenvalue weighted by Crippen LogP contribution is 2.24. The summed E-state index contributed by atoms with van der Waals surface area (Å²) in [6.45, 7) is 5.24. The van der Waals surface area contributed by atoms with E-state index in [1.165, 1.54) is 0 Å². The van der Waals surface area contributed by atoms with Crippen molar-refractivity contribution in [2.75, 3.05) is 13.2 Å². The van der Waals surface area contributed by atoms with E-state index in [2.05, 4.69) is 10.1 Å². The lowest BCUT2D eigenvalue weighted by molar-refractivity contribution is 0.0519. The Kier molecular flexibility index (Phi) is 4.01. The second-order valence-corrected chi connectivity index (χ2v) is 4.18. The van der Waals surface area contributed by atoms with Crippen LogP contribution in [0.2, 0.25) is 0 Å². The first kappa shape index (κ1) is 13.4. The summed E-state index contributed by atoms with van der Waals surface area (Å²) < 4.78 is 6.77. The second kappa shape index (κ2) is 5.71. The largest absolute Gasteiger partial charge is 0.461 e. The van der Waals surface area contributed by atoms with E-state index in [0.717, 1.165) is 16.8 Å². The third kappa shape index (κ3) is 2.68.